The molecule has 0 saturated carbocycles. The normalized spacial score (nSPS) is 16.0. The third-order valence-electron chi connectivity index (χ3n) is 4.34. The molecule has 1 aliphatic heterocycles. The van der Waals surface area contributed by atoms with Crippen LogP contribution in [0.25, 0.3) is 0 Å². The van der Waals surface area contributed by atoms with Crippen LogP contribution in [0.3, 0.4) is 0 Å². The average Bonchev–Trinajstić information content (AvgIpc) is 2.86. The first kappa shape index (κ1) is 14.6. The Morgan fingerprint density at radius 2 is 1.77 bits per heavy atom. The van der Waals surface area contributed by atoms with E-state index in [9.17, 15) is 9.59 Å². The monoisotopic (exact) mass is 300 g/mol. The van der Waals surface area contributed by atoms with E-state index in [1.54, 1.807) is 0 Å². The van der Waals surface area contributed by atoms with Gasteiger partial charge >= 0.3 is 0 Å². The molecule has 0 spiro atoms. The van der Waals surface area contributed by atoms with Gasteiger partial charge in [0.25, 0.3) is 11.5 Å². The second-order valence-electron chi connectivity index (χ2n) is 5.82. The fourth-order valence-corrected chi connectivity index (χ4v) is 3.21. The summed E-state index contributed by atoms with van der Waals surface area (Å²) in [4.78, 5) is 25.2. The van der Waals surface area contributed by atoms with Crippen molar-refractivity contribution in [3.05, 3.63) is 51.7 Å². The molecular formula is C16H20N4O2. The van der Waals surface area contributed by atoms with Gasteiger partial charge in [0.05, 0.1) is 0 Å². The first-order valence-corrected chi connectivity index (χ1v) is 7.55. The number of amides is 1. The molecule has 1 fully saturated rings. The first-order chi connectivity index (χ1) is 10.6. The Morgan fingerprint density at radius 1 is 1.14 bits per heavy atom. The summed E-state index contributed by atoms with van der Waals surface area (Å²) in [7, 11) is 0. The van der Waals surface area contributed by atoms with Gasteiger partial charge in [-0.2, -0.15) is 5.10 Å². The third-order valence-corrected chi connectivity index (χ3v) is 4.34. The van der Waals surface area contributed by atoms with E-state index in [1.807, 2.05) is 4.90 Å². The molecule has 3 rings (SSSR count). The lowest BCUT2D eigenvalue weighted by Crippen LogP contribution is -2.40. The molecule has 0 bridgehead atoms. The van der Waals surface area contributed by atoms with E-state index in [4.69, 9.17) is 0 Å². The predicted octanol–water partition coefficient (Wildman–Crippen LogP) is 1.67. The van der Waals surface area contributed by atoms with Gasteiger partial charge < -0.3 is 9.47 Å². The highest BCUT2D eigenvalue weighted by Gasteiger charge is 2.26. The second-order valence-corrected chi connectivity index (χ2v) is 5.82. The fourth-order valence-electron chi connectivity index (χ4n) is 3.21. The highest BCUT2D eigenvalue weighted by Crippen LogP contribution is 2.26. The van der Waals surface area contributed by atoms with Crippen LogP contribution in [0.1, 0.15) is 40.8 Å². The molecule has 0 unspecified atom stereocenters. The number of hydrogen-bond acceptors (Lipinski definition) is 3. The minimum absolute atomic E-state index is 0.115. The molecule has 0 radical (unpaired) electrons. The Labute approximate surface area is 128 Å². The number of nitrogens with one attached hydrogen (secondary N) is 1. The van der Waals surface area contributed by atoms with Crippen LogP contribution in [0.4, 0.5) is 0 Å². The SMILES string of the molecule is Cc1ccc(C)n1C1CCN(C(=O)c2ccc(=O)[nH]n2)CC1. The number of aromatic amines is 1. The summed E-state index contributed by atoms with van der Waals surface area (Å²) in [6, 6.07) is 7.53. The maximum absolute atomic E-state index is 12.4. The number of aromatic nitrogens is 3. The Morgan fingerprint density at radius 3 is 2.32 bits per heavy atom. The molecule has 0 aromatic carbocycles. The Kier molecular flexibility index (Phi) is 3.83. The number of hydrogen-bond donors (Lipinski definition) is 1. The van der Waals surface area contributed by atoms with Gasteiger partial charge in [-0.15, -0.1) is 0 Å². The summed E-state index contributed by atoms with van der Waals surface area (Å²) in [5, 5.41) is 6.13. The molecule has 1 N–H and O–H groups in total. The van der Waals surface area contributed by atoms with E-state index in [2.05, 4.69) is 40.7 Å². The number of rotatable bonds is 2. The molecule has 116 valence electrons. The van der Waals surface area contributed by atoms with Crippen LogP contribution in [0.15, 0.2) is 29.1 Å². The van der Waals surface area contributed by atoms with Crippen LogP contribution >= 0.6 is 0 Å². The molecule has 6 nitrogen and oxygen atoms in total. The highest BCUT2D eigenvalue weighted by molar-refractivity contribution is 5.92. The number of piperidine rings is 1. The number of aryl methyl sites for hydroxylation is 2. The van der Waals surface area contributed by atoms with Gasteiger partial charge in [0.1, 0.15) is 5.69 Å². The molecule has 0 atom stereocenters. The van der Waals surface area contributed by atoms with Gasteiger partial charge in [-0.05, 0) is 44.9 Å². The molecular weight excluding hydrogens is 280 g/mol. The van der Waals surface area contributed by atoms with Gasteiger partial charge in [-0.25, -0.2) is 5.10 Å². The zero-order valence-electron chi connectivity index (χ0n) is 12.9. The van der Waals surface area contributed by atoms with Crippen molar-refractivity contribution in [3.8, 4) is 0 Å². The van der Waals surface area contributed by atoms with E-state index in [1.165, 1.54) is 23.5 Å². The molecule has 1 amide bonds. The topological polar surface area (TPSA) is 71.0 Å². The summed E-state index contributed by atoms with van der Waals surface area (Å²) in [6.07, 6.45) is 1.87. The van der Waals surface area contributed by atoms with Crippen LogP contribution in [0.5, 0.6) is 0 Å². The van der Waals surface area contributed by atoms with Crippen LogP contribution in [0, 0.1) is 13.8 Å². The van der Waals surface area contributed by atoms with Crippen molar-refractivity contribution in [1.29, 1.82) is 0 Å². The van der Waals surface area contributed by atoms with E-state index in [-0.39, 0.29) is 11.5 Å². The zero-order valence-corrected chi connectivity index (χ0v) is 12.9. The minimum atomic E-state index is -0.297. The summed E-state index contributed by atoms with van der Waals surface area (Å²) in [6.45, 7) is 5.66. The van der Waals surface area contributed by atoms with Crippen LogP contribution < -0.4 is 5.56 Å². The fraction of sp³-hybridized carbons (Fsp3) is 0.438. The van der Waals surface area contributed by atoms with Crippen molar-refractivity contribution in [3.63, 3.8) is 0 Å². The lowest BCUT2D eigenvalue weighted by Gasteiger charge is -2.33. The number of likely N-dealkylation sites (tertiary alicyclic amines) is 1. The lowest BCUT2D eigenvalue weighted by atomic mass is 10.0. The van der Waals surface area contributed by atoms with Gasteiger partial charge in [0, 0.05) is 36.6 Å². The Bertz CT molecular complexity index is 699. The Hall–Kier alpha value is -2.37. The molecule has 1 saturated heterocycles. The smallest absolute Gasteiger partial charge is 0.274 e. The van der Waals surface area contributed by atoms with Gasteiger partial charge in [-0.1, -0.05) is 0 Å². The van der Waals surface area contributed by atoms with Crippen molar-refractivity contribution < 1.29 is 4.79 Å². The van der Waals surface area contributed by atoms with Gasteiger partial charge in [-0.3, -0.25) is 9.59 Å². The van der Waals surface area contributed by atoms with Crippen LogP contribution in [0.2, 0.25) is 0 Å². The van der Waals surface area contributed by atoms with Gasteiger partial charge in [0.2, 0.25) is 0 Å². The Balaban J connectivity index is 1.68. The number of carbonyl (C=O) groups excluding carboxylic acids is 1. The van der Waals surface area contributed by atoms with Crippen molar-refractivity contribution in [1.82, 2.24) is 19.7 Å². The number of carbonyl (C=O) groups is 1. The summed E-state index contributed by atoms with van der Waals surface area (Å²) in [5.41, 5.74) is 2.54. The van der Waals surface area contributed by atoms with E-state index < -0.39 is 0 Å². The first-order valence-electron chi connectivity index (χ1n) is 7.55. The summed E-state index contributed by atoms with van der Waals surface area (Å²) < 4.78 is 2.36. The maximum Gasteiger partial charge on any atom is 0.274 e. The molecule has 2 aromatic heterocycles. The number of nitrogens with zero attached hydrogens (tertiary/aromatic N) is 3. The predicted molar refractivity (Wildman–Crippen MR) is 82.9 cm³/mol. The van der Waals surface area contributed by atoms with E-state index in [0.29, 0.717) is 24.8 Å². The largest absolute Gasteiger partial charge is 0.346 e. The molecule has 2 aromatic rings. The second kappa shape index (κ2) is 5.79. The minimum Gasteiger partial charge on any atom is -0.346 e. The van der Waals surface area contributed by atoms with Crippen molar-refractivity contribution in [2.45, 2.75) is 32.7 Å². The average molecular weight is 300 g/mol. The summed E-state index contributed by atoms with van der Waals surface area (Å²) >= 11 is 0. The standard InChI is InChI=1S/C16H20N4O2/c1-11-3-4-12(2)20(11)13-7-9-19(10-8-13)16(22)14-5-6-15(21)18-17-14/h3-6,13H,7-10H2,1-2H3,(H,18,21). The van der Waals surface area contributed by atoms with Crippen molar-refractivity contribution in [2.75, 3.05) is 13.1 Å². The van der Waals surface area contributed by atoms with E-state index in [0.717, 1.165) is 12.8 Å². The lowest BCUT2D eigenvalue weighted by molar-refractivity contribution is 0.0686. The third kappa shape index (κ3) is 2.68. The van der Waals surface area contributed by atoms with Gasteiger partial charge in [0.15, 0.2) is 0 Å². The molecule has 6 heteroatoms. The maximum atomic E-state index is 12.4. The quantitative estimate of drug-likeness (QED) is 0.917. The highest BCUT2D eigenvalue weighted by atomic mass is 16.2. The van der Waals surface area contributed by atoms with Crippen molar-refractivity contribution >= 4 is 5.91 Å². The molecule has 0 aliphatic carbocycles. The molecule has 1 aliphatic rings. The van der Waals surface area contributed by atoms with Crippen LogP contribution in [-0.4, -0.2) is 38.7 Å². The summed E-state index contributed by atoms with van der Waals surface area (Å²) in [5.74, 6) is -0.115. The zero-order chi connectivity index (χ0) is 15.7. The van der Waals surface area contributed by atoms with Crippen molar-refractivity contribution in [2.24, 2.45) is 0 Å². The van der Waals surface area contributed by atoms with Crippen LogP contribution in [-0.2, 0) is 0 Å². The molecule has 3 heterocycles. The number of H-pyrrole nitrogens is 1. The molecule has 22 heavy (non-hydrogen) atoms. The van der Waals surface area contributed by atoms with E-state index >= 15 is 0 Å².